The molecule has 0 fully saturated rings. The number of hydrogen-bond donors (Lipinski definition) is 1. The highest BCUT2D eigenvalue weighted by Gasteiger charge is 2.10. The van der Waals surface area contributed by atoms with Crippen molar-refractivity contribution in [1.82, 2.24) is 9.55 Å². The molecule has 0 spiro atoms. The summed E-state index contributed by atoms with van der Waals surface area (Å²) >= 11 is 3.49. The largest absolute Gasteiger partial charge is 0.495 e. The minimum absolute atomic E-state index is 0.405. The monoisotopic (exact) mass is 337 g/mol. The number of halogens is 1. The summed E-state index contributed by atoms with van der Waals surface area (Å²) in [6.07, 6.45) is 3.76. The summed E-state index contributed by atoms with van der Waals surface area (Å²) in [6.45, 7) is 7.08. The summed E-state index contributed by atoms with van der Waals surface area (Å²) < 4.78 is 8.62. The molecule has 4 nitrogen and oxygen atoms in total. The Morgan fingerprint density at radius 3 is 2.80 bits per heavy atom. The Morgan fingerprint density at radius 1 is 1.40 bits per heavy atom. The number of anilines is 1. The van der Waals surface area contributed by atoms with Crippen LogP contribution in [0.15, 0.2) is 29.1 Å². The van der Waals surface area contributed by atoms with Gasteiger partial charge in [0, 0.05) is 16.7 Å². The van der Waals surface area contributed by atoms with Crippen LogP contribution in [0.1, 0.15) is 31.1 Å². The van der Waals surface area contributed by atoms with E-state index < -0.39 is 0 Å². The van der Waals surface area contributed by atoms with Gasteiger partial charge >= 0.3 is 0 Å². The van der Waals surface area contributed by atoms with Gasteiger partial charge < -0.3 is 14.6 Å². The van der Waals surface area contributed by atoms with E-state index in [9.17, 15) is 0 Å². The maximum absolute atomic E-state index is 5.44. The van der Waals surface area contributed by atoms with Crippen molar-refractivity contribution in [2.75, 3.05) is 12.4 Å². The summed E-state index contributed by atoms with van der Waals surface area (Å²) in [5, 5.41) is 3.45. The van der Waals surface area contributed by atoms with Gasteiger partial charge in [0.1, 0.15) is 5.75 Å². The molecule has 1 aromatic carbocycles. The lowest BCUT2D eigenvalue weighted by molar-refractivity contribution is 0.416. The molecule has 0 radical (unpaired) electrons. The number of hydrogen-bond acceptors (Lipinski definition) is 3. The van der Waals surface area contributed by atoms with Gasteiger partial charge in [-0.2, -0.15) is 0 Å². The number of rotatable bonds is 5. The van der Waals surface area contributed by atoms with Crippen LogP contribution in [-0.2, 0) is 6.54 Å². The first-order chi connectivity index (χ1) is 9.52. The van der Waals surface area contributed by atoms with Crippen LogP contribution < -0.4 is 10.1 Å². The molecule has 1 N–H and O–H groups in total. The number of aromatic nitrogens is 2. The van der Waals surface area contributed by atoms with E-state index in [0.717, 1.165) is 33.7 Å². The van der Waals surface area contributed by atoms with Crippen molar-refractivity contribution in [2.24, 2.45) is 0 Å². The van der Waals surface area contributed by atoms with Gasteiger partial charge in [0.25, 0.3) is 0 Å². The van der Waals surface area contributed by atoms with Crippen LogP contribution in [-0.4, -0.2) is 16.7 Å². The quantitative estimate of drug-likeness (QED) is 0.890. The summed E-state index contributed by atoms with van der Waals surface area (Å²) in [5.41, 5.74) is 3.32. The summed E-state index contributed by atoms with van der Waals surface area (Å²) in [4.78, 5) is 4.22. The van der Waals surface area contributed by atoms with E-state index in [2.05, 4.69) is 57.6 Å². The van der Waals surface area contributed by atoms with Gasteiger partial charge in [-0.15, -0.1) is 0 Å². The Balaban J connectivity index is 2.21. The molecule has 1 aromatic heterocycles. The van der Waals surface area contributed by atoms with Crippen LogP contribution in [0.25, 0.3) is 0 Å². The molecule has 2 aromatic rings. The lowest BCUT2D eigenvalue weighted by atomic mass is 10.2. The van der Waals surface area contributed by atoms with Crippen molar-refractivity contribution in [3.63, 3.8) is 0 Å². The van der Waals surface area contributed by atoms with E-state index in [1.807, 2.05) is 18.6 Å². The first-order valence-corrected chi connectivity index (χ1v) is 7.41. The smallest absolute Gasteiger partial charge is 0.143 e. The first kappa shape index (κ1) is 14.9. The second-order valence-electron chi connectivity index (χ2n) is 5.04. The van der Waals surface area contributed by atoms with Crippen molar-refractivity contribution >= 4 is 21.6 Å². The molecule has 0 unspecified atom stereocenters. The average molecular weight is 338 g/mol. The Kier molecular flexibility index (Phi) is 4.70. The van der Waals surface area contributed by atoms with Crippen LogP contribution in [0, 0.1) is 6.92 Å². The molecule has 0 bridgehead atoms. The average Bonchev–Trinajstić information content (AvgIpc) is 2.85. The molecule has 1 heterocycles. The maximum atomic E-state index is 5.44. The Bertz CT molecular complexity index is 593. The van der Waals surface area contributed by atoms with Crippen LogP contribution in [0.4, 0.5) is 5.69 Å². The van der Waals surface area contributed by atoms with E-state index in [0.29, 0.717) is 6.04 Å². The number of benzene rings is 1. The predicted molar refractivity (Wildman–Crippen MR) is 85.4 cm³/mol. The first-order valence-electron chi connectivity index (χ1n) is 6.61. The van der Waals surface area contributed by atoms with E-state index in [1.54, 1.807) is 7.11 Å². The van der Waals surface area contributed by atoms with Crippen molar-refractivity contribution in [3.05, 3.63) is 40.4 Å². The van der Waals surface area contributed by atoms with Crippen LogP contribution >= 0.6 is 15.9 Å². The second kappa shape index (κ2) is 6.31. The zero-order valence-electron chi connectivity index (χ0n) is 12.3. The van der Waals surface area contributed by atoms with Crippen LogP contribution in [0.3, 0.4) is 0 Å². The topological polar surface area (TPSA) is 39.1 Å². The fraction of sp³-hybridized carbons (Fsp3) is 0.400. The zero-order chi connectivity index (χ0) is 14.7. The molecule has 0 saturated carbocycles. The summed E-state index contributed by atoms with van der Waals surface area (Å²) in [7, 11) is 1.69. The van der Waals surface area contributed by atoms with E-state index in [1.165, 1.54) is 0 Å². The molecule has 0 atom stereocenters. The van der Waals surface area contributed by atoms with Gasteiger partial charge in [-0.1, -0.05) is 15.9 Å². The highest BCUT2D eigenvalue weighted by atomic mass is 79.9. The molecular formula is C15H20BrN3O. The van der Waals surface area contributed by atoms with Crippen molar-refractivity contribution in [1.29, 1.82) is 0 Å². The number of nitrogens with zero attached hydrogens (tertiary/aromatic N) is 2. The van der Waals surface area contributed by atoms with E-state index in [4.69, 9.17) is 4.74 Å². The molecule has 0 aliphatic heterocycles. The van der Waals surface area contributed by atoms with Crippen LogP contribution in [0.2, 0.25) is 0 Å². The third-order valence-electron chi connectivity index (χ3n) is 3.23. The zero-order valence-corrected chi connectivity index (χ0v) is 13.9. The molecule has 2 rings (SSSR count). The number of imidazole rings is 1. The lowest BCUT2D eigenvalue weighted by Crippen LogP contribution is -2.10. The van der Waals surface area contributed by atoms with E-state index in [-0.39, 0.29) is 0 Å². The normalized spacial score (nSPS) is 10.9. The highest BCUT2D eigenvalue weighted by molar-refractivity contribution is 9.10. The Labute approximate surface area is 128 Å². The number of aryl methyl sites for hydroxylation is 1. The predicted octanol–water partition coefficient (Wildman–Crippen LogP) is 4.16. The van der Waals surface area contributed by atoms with Gasteiger partial charge in [0.05, 0.1) is 31.4 Å². The van der Waals surface area contributed by atoms with Gasteiger partial charge in [-0.3, -0.25) is 0 Å². The molecule has 108 valence electrons. The van der Waals surface area contributed by atoms with Crippen molar-refractivity contribution in [3.8, 4) is 5.75 Å². The van der Waals surface area contributed by atoms with Crippen molar-refractivity contribution < 1.29 is 4.74 Å². The number of ether oxygens (including phenoxy) is 1. The molecular weight excluding hydrogens is 318 g/mol. The molecule has 0 aliphatic carbocycles. The Hall–Kier alpha value is -1.49. The SMILES string of the molecule is COc1cc(Br)cc(C)c1NCc1cncn1C(C)C. The lowest BCUT2D eigenvalue weighted by Gasteiger charge is -2.16. The standard InChI is InChI=1S/C15H20BrN3O/c1-10(2)19-9-17-7-13(19)8-18-15-11(3)5-12(16)6-14(15)20-4/h5-7,9-10,18H,8H2,1-4H3. The fourth-order valence-corrected chi connectivity index (χ4v) is 2.76. The molecule has 20 heavy (non-hydrogen) atoms. The van der Waals surface area contributed by atoms with E-state index >= 15 is 0 Å². The molecule has 5 heteroatoms. The highest BCUT2D eigenvalue weighted by Crippen LogP contribution is 2.32. The Morgan fingerprint density at radius 2 is 2.15 bits per heavy atom. The molecule has 0 amide bonds. The second-order valence-corrected chi connectivity index (χ2v) is 5.96. The van der Waals surface area contributed by atoms with Crippen LogP contribution in [0.5, 0.6) is 5.75 Å². The third-order valence-corrected chi connectivity index (χ3v) is 3.69. The number of methoxy groups -OCH3 is 1. The number of nitrogens with one attached hydrogen (secondary N) is 1. The van der Waals surface area contributed by atoms with Gasteiger partial charge in [0.2, 0.25) is 0 Å². The molecule has 0 saturated heterocycles. The summed E-state index contributed by atoms with van der Waals surface area (Å²) in [5.74, 6) is 0.840. The minimum atomic E-state index is 0.405. The van der Waals surface area contributed by atoms with Gasteiger partial charge in [-0.05, 0) is 38.5 Å². The van der Waals surface area contributed by atoms with Gasteiger partial charge in [-0.25, -0.2) is 4.98 Å². The van der Waals surface area contributed by atoms with Gasteiger partial charge in [0.15, 0.2) is 0 Å². The maximum Gasteiger partial charge on any atom is 0.143 e. The molecule has 0 aliphatic rings. The minimum Gasteiger partial charge on any atom is -0.495 e. The fourth-order valence-electron chi connectivity index (χ4n) is 2.21. The van der Waals surface area contributed by atoms with Crippen molar-refractivity contribution in [2.45, 2.75) is 33.4 Å². The third kappa shape index (κ3) is 3.15. The summed E-state index contributed by atoms with van der Waals surface area (Å²) in [6, 6.07) is 4.45.